The molecule has 0 aromatic carbocycles. The van der Waals surface area contributed by atoms with Gasteiger partial charge in [0.2, 0.25) is 0 Å². The monoisotopic (exact) mass is 1120 g/mol. The molecule has 0 aromatic rings. The van der Waals surface area contributed by atoms with Crippen molar-refractivity contribution >= 4 is 17.9 Å². The van der Waals surface area contributed by atoms with Gasteiger partial charge in [-0.1, -0.05) is 79.2 Å². The molecule has 3 aliphatic heterocycles. The molecule has 0 bridgehead atoms. The molecule has 7 fully saturated rings. The fraction of sp³-hybridized carbons (Fsp3) is 0.842. The number of aliphatic hydroxyl groups excluding tert-OH is 10. The Morgan fingerprint density at radius 2 is 1.16 bits per heavy atom. The average Bonchev–Trinajstić information content (AvgIpc) is 3.69. The van der Waals surface area contributed by atoms with Crippen molar-refractivity contribution in [1.82, 2.24) is 0 Å². The Kier molecular flexibility index (Phi) is 17.4. The van der Waals surface area contributed by atoms with E-state index in [-0.39, 0.29) is 11.8 Å². The fourth-order valence-corrected chi connectivity index (χ4v) is 16.1. The van der Waals surface area contributed by atoms with Crippen molar-refractivity contribution in [3.05, 3.63) is 34.9 Å². The minimum absolute atomic E-state index is 0.0903. The van der Waals surface area contributed by atoms with Crippen LogP contribution >= 0.6 is 0 Å². The van der Waals surface area contributed by atoms with Gasteiger partial charge in [-0.3, -0.25) is 0 Å². The van der Waals surface area contributed by atoms with Crippen LogP contribution in [0.5, 0.6) is 0 Å². The summed E-state index contributed by atoms with van der Waals surface area (Å²) in [6, 6.07) is 0. The molecule has 0 aromatic heterocycles. The van der Waals surface area contributed by atoms with Crippen molar-refractivity contribution < 1.29 is 108 Å². The zero-order valence-electron chi connectivity index (χ0n) is 47.5. The van der Waals surface area contributed by atoms with E-state index in [9.17, 15) is 70.6 Å². The van der Waals surface area contributed by atoms with Crippen molar-refractivity contribution in [3.63, 3.8) is 0 Å². The van der Waals surface area contributed by atoms with E-state index < -0.39 is 186 Å². The summed E-state index contributed by atoms with van der Waals surface area (Å²) in [6.07, 6.45) is -22.4. The van der Waals surface area contributed by atoms with E-state index in [1.165, 1.54) is 0 Å². The highest BCUT2D eigenvalue weighted by molar-refractivity contribution is 5.89. The van der Waals surface area contributed by atoms with Gasteiger partial charge in [0.05, 0.1) is 31.5 Å². The van der Waals surface area contributed by atoms with E-state index in [0.717, 1.165) is 5.57 Å². The number of hydrogen-bond donors (Lipinski definition) is 11. The SMILES string of the molecule is C/C=C(/C)C(=O)O[C@H]1[C@H](OC(=O)/C(C)=C\C)[C@]2(C)[C@H](O)[C@H](O)[C@]3(C)C(=CC[C@@H]4[C@@]5(C)CC[C@H](O[C@@H]6O[C@H](C(=O)O)[C@@H](O)[C@H](O[C@@H]7O[C@@H](CO)[C@H](O)[C@H]7O)[C@H]6O[C@@H]6O[C@H](CO)[C@@H](O)[C@H](O)[C@H]6O)C(C)(C)[C@@H]5CC[C@]43C)[C@@H]2CC1(C)C. The first-order valence-corrected chi connectivity index (χ1v) is 28.0. The second-order valence-corrected chi connectivity index (χ2v) is 26.1. The quantitative estimate of drug-likeness (QED) is 0.0536. The van der Waals surface area contributed by atoms with Gasteiger partial charge in [-0.25, -0.2) is 14.4 Å². The van der Waals surface area contributed by atoms with E-state index >= 15 is 0 Å². The molecule has 0 radical (unpaired) electrons. The van der Waals surface area contributed by atoms with E-state index in [0.29, 0.717) is 49.7 Å². The first kappa shape index (κ1) is 62.0. The summed E-state index contributed by atoms with van der Waals surface area (Å²) in [5.41, 5.74) is -3.34. The van der Waals surface area contributed by atoms with Crippen molar-refractivity contribution in [2.24, 2.45) is 50.2 Å². The number of carbonyl (C=O) groups is 3. The van der Waals surface area contributed by atoms with Crippen LogP contribution in [-0.4, -0.2) is 204 Å². The number of aliphatic carboxylic acids is 1. The Hall–Kier alpha value is -3.01. The molecule has 0 unspecified atom stereocenters. The van der Waals surface area contributed by atoms with E-state index in [1.54, 1.807) is 39.8 Å². The van der Waals surface area contributed by atoms with Crippen LogP contribution in [-0.2, 0) is 52.3 Å². The molecule has 448 valence electrons. The molecule has 3 heterocycles. The molecule has 4 saturated carbocycles. The molecule has 79 heavy (non-hydrogen) atoms. The molecule has 26 atom stereocenters. The predicted molar refractivity (Wildman–Crippen MR) is 275 cm³/mol. The molecule has 22 heteroatoms. The number of fused-ring (bicyclic) bond motifs is 7. The van der Waals surface area contributed by atoms with E-state index in [2.05, 4.69) is 19.9 Å². The Morgan fingerprint density at radius 3 is 1.71 bits per heavy atom. The van der Waals surface area contributed by atoms with Gasteiger partial charge in [-0.15, -0.1) is 0 Å². The highest BCUT2D eigenvalue weighted by Gasteiger charge is 2.75. The van der Waals surface area contributed by atoms with Crippen LogP contribution in [0, 0.1) is 50.2 Å². The van der Waals surface area contributed by atoms with Crippen LogP contribution in [0.1, 0.15) is 122 Å². The molecule has 3 saturated heterocycles. The summed E-state index contributed by atoms with van der Waals surface area (Å²) in [7, 11) is 0. The largest absolute Gasteiger partial charge is 0.479 e. The normalized spacial score (nSPS) is 49.5. The molecule has 8 aliphatic rings. The number of ether oxygens (including phenoxy) is 8. The van der Waals surface area contributed by atoms with Gasteiger partial charge in [-0.2, -0.15) is 0 Å². The smallest absolute Gasteiger partial charge is 0.335 e. The highest BCUT2D eigenvalue weighted by Crippen LogP contribution is 2.76. The van der Waals surface area contributed by atoms with Crippen molar-refractivity contribution in [1.29, 1.82) is 0 Å². The lowest BCUT2D eigenvalue weighted by Crippen LogP contribution is -2.75. The second kappa shape index (κ2) is 22.2. The Balaban J connectivity index is 1.13. The molecular weight excluding hydrogens is 1040 g/mol. The Morgan fingerprint density at radius 1 is 0.633 bits per heavy atom. The van der Waals surface area contributed by atoms with Gasteiger partial charge in [0.1, 0.15) is 73.2 Å². The number of esters is 2. The second-order valence-electron chi connectivity index (χ2n) is 26.1. The zero-order valence-corrected chi connectivity index (χ0v) is 47.5. The first-order valence-electron chi connectivity index (χ1n) is 28.0. The number of allylic oxidation sites excluding steroid dienone is 3. The third-order valence-corrected chi connectivity index (χ3v) is 21.4. The number of rotatable bonds is 13. The standard InChI is InChI=1S/C57H88O22/c1-13-24(3)47(70)78-44-45(79-48(71)25(4)14-2)56(11)27(21-52(44,5)6)26-15-16-31-54(9)19-18-32(53(7,8)30(54)17-20-55(31,10)57(26,12)43(67)42(56)66)74-51-41(77-50-37(64)35(62)33(60)28(22-58)72-50)39(38(65)40(76-51)46(68)69)75-49-36(63)34(61)29(23-59)73-49/h13-15,27-45,49-51,58-67H,16-23H2,1-12H3,(H,68,69)/b24-13-,25-14-/t27-,28+,29-,30-,31+,32-,33+,34-,35-,36+,37+,38-,39-,40-,41+,42+,43-,44-,45-,49-,50-,51+,54-,55+,56-,57-/m0/s1. The topological polar surface area (TPSA) is 348 Å². The maximum atomic E-state index is 13.8. The molecule has 5 aliphatic carbocycles. The Labute approximate surface area is 461 Å². The summed E-state index contributed by atoms with van der Waals surface area (Å²) < 4.78 is 49.2. The average molecular weight is 1130 g/mol. The van der Waals surface area contributed by atoms with Gasteiger partial charge in [0, 0.05) is 27.4 Å². The molecular formula is C57H88O22. The molecule has 8 rings (SSSR count). The Bertz CT molecular complexity index is 2370. The number of carbonyl (C=O) groups excluding carboxylic acids is 2. The van der Waals surface area contributed by atoms with Crippen LogP contribution in [0.25, 0.3) is 0 Å². The van der Waals surface area contributed by atoms with Crippen LogP contribution in [0.3, 0.4) is 0 Å². The number of aliphatic hydroxyl groups is 10. The van der Waals surface area contributed by atoms with Crippen LogP contribution < -0.4 is 0 Å². The lowest BCUT2D eigenvalue weighted by Gasteiger charge is -2.73. The van der Waals surface area contributed by atoms with Gasteiger partial charge >= 0.3 is 17.9 Å². The van der Waals surface area contributed by atoms with Crippen molar-refractivity contribution in [2.75, 3.05) is 13.2 Å². The lowest BCUT2D eigenvalue weighted by molar-refractivity contribution is -0.386. The minimum atomic E-state index is -2.11. The van der Waals surface area contributed by atoms with Gasteiger partial charge in [0.25, 0.3) is 0 Å². The third kappa shape index (κ3) is 9.79. The summed E-state index contributed by atoms with van der Waals surface area (Å²) in [6.45, 7) is 21.5. The highest BCUT2D eigenvalue weighted by atomic mass is 16.8. The van der Waals surface area contributed by atoms with Crippen LogP contribution in [0.15, 0.2) is 34.9 Å². The summed E-state index contributed by atoms with van der Waals surface area (Å²) >= 11 is 0. The van der Waals surface area contributed by atoms with Crippen LogP contribution in [0.4, 0.5) is 0 Å². The molecule has 0 amide bonds. The van der Waals surface area contributed by atoms with Crippen molar-refractivity contribution in [2.45, 2.75) is 238 Å². The third-order valence-electron chi connectivity index (χ3n) is 21.4. The number of carboxylic acids is 1. The molecule has 11 N–H and O–H groups in total. The maximum absolute atomic E-state index is 13.8. The predicted octanol–water partition coefficient (Wildman–Crippen LogP) is 1.29. The molecule has 0 spiro atoms. The summed E-state index contributed by atoms with van der Waals surface area (Å²) in [5.74, 6) is -3.49. The van der Waals surface area contributed by atoms with E-state index in [1.807, 2.05) is 41.5 Å². The van der Waals surface area contributed by atoms with Gasteiger partial charge < -0.3 is 94.1 Å². The fourth-order valence-electron chi connectivity index (χ4n) is 16.1. The zero-order chi connectivity index (χ0) is 58.6. The maximum Gasteiger partial charge on any atom is 0.335 e. The first-order chi connectivity index (χ1) is 36.8. The minimum Gasteiger partial charge on any atom is -0.479 e. The van der Waals surface area contributed by atoms with Crippen molar-refractivity contribution in [3.8, 4) is 0 Å². The molecule has 22 nitrogen and oxygen atoms in total. The number of hydrogen-bond acceptors (Lipinski definition) is 21. The van der Waals surface area contributed by atoms with E-state index in [4.69, 9.17) is 37.9 Å². The van der Waals surface area contributed by atoms with Gasteiger partial charge in [-0.05, 0) is 100 Å². The lowest BCUT2D eigenvalue weighted by atomic mass is 9.32. The summed E-state index contributed by atoms with van der Waals surface area (Å²) in [5, 5.41) is 122. The number of carboxylic acid groups (broad SMARTS) is 1. The van der Waals surface area contributed by atoms with Crippen LogP contribution in [0.2, 0.25) is 0 Å². The van der Waals surface area contributed by atoms with Gasteiger partial charge in [0.15, 0.2) is 25.0 Å². The summed E-state index contributed by atoms with van der Waals surface area (Å²) in [4.78, 5) is 40.3.